The predicted molar refractivity (Wildman–Crippen MR) is 100 cm³/mol. The van der Waals surface area contributed by atoms with Crippen LogP contribution in [0.5, 0.6) is 0 Å². The zero-order chi connectivity index (χ0) is 18.5. The Bertz CT molecular complexity index is 641. The zero-order valence-corrected chi connectivity index (χ0v) is 15.9. The first-order valence-electron chi connectivity index (χ1n) is 9.21. The molecule has 0 aromatic heterocycles. The summed E-state index contributed by atoms with van der Waals surface area (Å²) in [7, 11) is 0. The molecule has 0 bridgehead atoms. The highest BCUT2D eigenvalue weighted by Crippen LogP contribution is 2.22. The van der Waals surface area contributed by atoms with Gasteiger partial charge >= 0.3 is 0 Å². The van der Waals surface area contributed by atoms with Crippen molar-refractivity contribution in [2.24, 2.45) is 0 Å². The third-order valence-corrected chi connectivity index (χ3v) is 5.35. The number of carbonyl (C=O) groups is 2. The highest BCUT2D eigenvalue weighted by atomic mass is 35.5. The number of hydrogen-bond acceptors (Lipinski definition) is 4. The molecule has 3 rings (SSSR count). The minimum atomic E-state index is -0.263. The molecule has 2 heterocycles. The van der Waals surface area contributed by atoms with Gasteiger partial charge in [-0.15, -0.1) is 0 Å². The van der Waals surface area contributed by atoms with Crippen molar-refractivity contribution in [1.82, 2.24) is 15.1 Å². The molecule has 26 heavy (non-hydrogen) atoms. The number of carbonyl (C=O) groups excluding carboxylic acids is 2. The van der Waals surface area contributed by atoms with Crippen molar-refractivity contribution in [3.8, 4) is 0 Å². The van der Waals surface area contributed by atoms with E-state index in [-0.39, 0.29) is 24.0 Å². The van der Waals surface area contributed by atoms with Gasteiger partial charge in [0.15, 0.2) is 0 Å². The third kappa shape index (κ3) is 4.75. The van der Waals surface area contributed by atoms with Crippen LogP contribution in [0.25, 0.3) is 0 Å². The SMILES string of the molecule is CC(NC(=O)CN1CCN(C(=O)C2CCCO2)CC1)c1ccccc1Cl. The van der Waals surface area contributed by atoms with E-state index in [9.17, 15) is 9.59 Å². The quantitative estimate of drug-likeness (QED) is 0.848. The van der Waals surface area contributed by atoms with E-state index in [1.807, 2.05) is 36.1 Å². The number of rotatable bonds is 5. The average Bonchev–Trinajstić information content (AvgIpc) is 3.16. The molecule has 142 valence electrons. The van der Waals surface area contributed by atoms with Crippen LogP contribution in [0.15, 0.2) is 24.3 Å². The summed E-state index contributed by atoms with van der Waals surface area (Å²) in [6, 6.07) is 7.39. The van der Waals surface area contributed by atoms with E-state index < -0.39 is 0 Å². The molecule has 2 saturated heterocycles. The minimum absolute atomic E-state index is 0.0312. The number of nitrogens with one attached hydrogen (secondary N) is 1. The fourth-order valence-electron chi connectivity index (χ4n) is 3.50. The maximum Gasteiger partial charge on any atom is 0.251 e. The van der Waals surface area contributed by atoms with Crippen molar-refractivity contribution in [2.75, 3.05) is 39.3 Å². The van der Waals surface area contributed by atoms with E-state index in [2.05, 4.69) is 10.2 Å². The molecule has 1 aromatic carbocycles. The van der Waals surface area contributed by atoms with E-state index in [1.54, 1.807) is 0 Å². The van der Waals surface area contributed by atoms with Gasteiger partial charge < -0.3 is 15.0 Å². The Morgan fingerprint density at radius 3 is 2.65 bits per heavy atom. The van der Waals surface area contributed by atoms with E-state index in [0.717, 1.165) is 18.4 Å². The second-order valence-corrected chi connectivity index (χ2v) is 7.32. The van der Waals surface area contributed by atoms with Crippen LogP contribution >= 0.6 is 11.6 Å². The van der Waals surface area contributed by atoms with Crippen molar-refractivity contribution in [1.29, 1.82) is 0 Å². The Labute approximate surface area is 159 Å². The smallest absolute Gasteiger partial charge is 0.251 e. The minimum Gasteiger partial charge on any atom is -0.368 e. The molecule has 6 nitrogen and oxygen atoms in total. The van der Waals surface area contributed by atoms with E-state index in [1.165, 1.54) is 0 Å². The zero-order valence-electron chi connectivity index (χ0n) is 15.1. The highest BCUT2D eigenvalue weighted by Gasteiger charge is 2.30. The second kappa shape index (κ2) is 8.84. The van der Waals surface area contributed by atoms with Crippen molar-refractivity contribution >= 4 is 23.4 Å². The van der Waals surface area contributed by atoms with Crippen LogP contribution in [0.1, 0.15) is 31.4 Å². The standard InChI is InChI=1S/C19H26ClN3O3/c1-14(15-5-2-3-6-16(15)20)21-18(24)13-22-8-10-23(11-9-22)19(25)17-7-4-12-26-17/h2-3,5-6,14,17H,4,7-13H2,1H3,(H,21,24). The summed E-state index contributed by atoms with van der Waals surface area (Å²) in [5, 5.41) is 3.65. The van der Waals surface area contributed by atoms with Crippen molar-refractivity contribution < 1.29 is 14.3 Å². The van der Waals surface area contributed by atoms with Gasteiger partial charge in [-0.2, -0.15) is 0 Å². The van der Waals surface area contributed by atoms with Gasteiger partial charge in [-0.25, -0.2) is 0 Å². The topological polar surface area (TPSA) is 61.9 Å². The first kappa shape index (κ1) is 19.1. The fraction of sp³-hybridized carbons (Fsp3) is 0.579. The van der Waals surface area contributed by atoms with Gasteiger partial charge in [-0.1, -0.05) is 29.8 Å². The van der Waals surface area contributed by atoms with E-state index >= 15 is 0 Å². The Morgan fingerprint density at radius 2 is 2.00 bits per heavy atom. The molecule has 1 aromatic rings. The number of nitrogens with zero attached hydrogens (tertiary/aromatic N) is 2. The van der Waals surface area contributed by atoms with Crippen LogP contribution < -0.4 is 5.32 Å². The van der Waals surface area contributed by atoms with Crippen LogP contribution in [0.2, 0.25) is 5.02 Å². The lowest BCUT2D eigenvalue weighted by atomic mass is 10.1. The molecule has 2 aliphatic heterocycles. The van der Waals surface area contributed by atoms with Gasteiger partial charge in [0.2, 0.25) is 5.91 Å². The summed E-state index contributed by atoms with van der Waals surface area (Å²) in [5.74, 6) is 0.0651. The van der Waals surface area contributed by atoms with Crippen molar-refractivity contribution in [2.45, 2.75) is 31.9 Å². The van der Waals surface area contributed by atoms with E-state index in [0.29, 0.717) is 44.4 Å². The number of piperazine rings is 1. The maximum absolute atomic E-state index is 12.4. The van der Waals surface area contributed by atoms with Crippen LogP contribution in [0, 0.1) is 0 Å². The summed E-state index contributed by atoms with van der Waals surface area (Å²) < 4.78 is 5.48. The monoisotopic (exact) mass is 379 g/mol. The Balaban J connectivity index is 1.43. The van der Waals surface area contributed by atoms with Crippen LogP contribution in [0.4, 0.5) is 0 Å². The molecular weight excluding hydrogens is 354 g/mol. The Kier molecular flexibility index (Phi) is 6.51. The van der Waals surface area contributed by atoms with Crippen LogP contribution in [-0.4, -0.2) is 67.0 Å². The molecule has 0 spiro atoms. The largest absolute Gasteiger partial charge is 0.368 e. The maximum atomic E-state index is 12.4. The van der Waals surface area contributed by atoms with E-state index in [4.69, 9.17) is 16.3 Å². The lowest BCUT2D eigenvalue weighted by Gasteiger charge is -2.35. The van der Waals surface area contributed by atoms with Crippen molar-refractivity contribution in [3.63, 3.8) is 0 Å². The molecule has 0 aliphatic carbocycles. The third-order valence-electron chi connectivity index (χ3n) is 5.01. The van der Waals surface area contributed by atoms with Crippen LogP contribution in [-0.2, 0) is 14.3 Å². The van der Waals surface area contributed by atoms with Gasteiger partial charge in [0.05, 0.1) is 12.6 Å². The molecule has 2 atom stereocenters. The lowest BCUT2D eigenvalue weighted by Crippen LogP contribution is -2.53. The predicted octanol–water partition coefficient (Wildman–Crippen LogP) is 1.84. The molecule has 0 radical (unpaired) electrons. The number of benzene rings is 1. The number of hydrogen-bond donors (Lipinski definition) is 1. The number of ether oxygens (including phenoxy) is 1. The highest BCUT2D eigenvalue weighted by molar-refractivity contribution is 6.31. The lowest BCUT2D eigenvalue weighted by molar-refractivity contribution is -0.142. The molecule has 2 amide bonds. The fourth-order valence-corrected chi connectivity index (χ4v) is 3.80. The summed E-state index contributed by atoms with van der Waals surface area (Å²) in [5.41, 5.74) is 0.912. The molecule has 2 unspecified atom stereocenters. The van der Waals surface area contributed by atoms with Gasteiger partial charge in [-0.3, -0.25) is 14.5 Å². The molecule has 0 saturated carbocycles. The molecule has 1 N–H and O–H groups in total. The number of halogens is 1. The van der Waals surface area contributed by atoms with Gasteiger partial charge in [0.1, 0.15) is 6.10 Å². The van der Waals surface area contributed by atoms with Gasteiger partial charge in [0, 0.05) is 37.8 Å². The van der Waals surface area contributed by atoms with Crippen LogP contribution in [0.3, 0.4) is 0 Å². The Morgan fingerprint density at radius 1 is 1.27 bits per heavy atom. The molecular formula is C19H26ClN3O3. The summed E-state index contributed by atoms with van der Waals surface area (Å²) in [4.78, 5) is 28.6. The number of amides is 2. The first-order valence-corrected chi connectivity index (χ1v) is 9.59. The average molecular weight is 380 g/mol. The first-order chi connectivity index (χ1) is 12.5. The summed E-state index contributed by atoms with van der Waals surface area (Å²) in [6.07, 6.45) is 1.52. The van der Waals surface area contributed by atoms with Gasteiger partial charge in [-0.05, 0) is 31.4 Å². The second-order valence-electron chi connectivity index (χ2n) is 6.91. The van der Waals surface area contributed by atoms with Crippen molar-refractivity contribution in [3.05, 3.63) is 34.9 Å². The molecule has 2 aliphatic rings. The molecule has 7 heteroatoms. The molecule has 2 fully saturated rings. The van der Waals surface area contributed by atoms with Gasteiger partial charge in [0.25, 0.3) is 5.91 Å². The Hall–Kier alpha value is -1.63. The summed E-state index contributed by atoms with van der Waals surface area (Å²) >= 11 is 6.18. The summed E-state index contributed by atoms with van der Waals surface area (Å²) in [6.45, 7) is 5.63. The normalized spacial score (nSPS) is 22.2.